The highest BCUT2D eigenvalue weighted by Gasteiger charge is 2.37. The summed E-state index contributed by atoms with van der Waals surface area (Å²) in [6, 6.07) is 6.34. The zero-order chi connectivity index (χ0) is 13.5. The zero-order valence-corrected chi connectivity index (χ0v) is 11.1. The Morgan fingerprint density at radius 1 is 1.37 bits per heavy atom. The number of benzene rings is 1. The molecule has 2 nitrogen and oxygen atoms in total. The van der Waals surface area contributed by atoms with Crippen LogP contribution in [0.4, 0.5) is 4.39 Å². The van der Waals surface area contributed by atoms with Gasteiger partial charge < -0.3 is 9.52 Å². The van der Waals surface area contributed by atoms with Gasteiger partial charge in [-0.2, -0.15) is 0 Å². The Morgan fingerprint density at radius 3 is 3.00 bits per heavy atom. The quantitative estimate of drug-likeness (QED) is 0.907. The van der Waals surface area contributed by atoms with Gasteiger partial charge in [0.1, 0.15) is 11.6 Å². The van der Waals surface area contributed by atoms with Gasteiger partial charge in [0.05, 0.1) is 11.9 Å². The lowest BCUT2D eigenvalue weighted by Gasteiger charge is -2.32. The van der Waals surface area contributed by atoms with E-state index < -0.39 is 5.60 Å². The van der Waals surface area contributed by atoms with E-state index >= 15 is 0 Å². The summed E-state index contributed by atoms with van der Waals surface area (Å²) >= 11 is 6.04. The third-order valence-electron chi connectivity index (χ3n) is 3.77. The van der Waals surface area contributed by atoms with Gasteiger partial charge in [0, 0.05) is 29.0 Å². The molecule has 0 saturated carbocycles. The predicted octanol–water partition coefficient (Wildman–Crippen LogP) is 3.84. The predicted molar refractivity (Wildman–Crippen MR) is 70.7 cm³/mol. The maximum atomic E-state index is 13.9. The Kier molecular flexibility index (Phi) is 3.11. The van der Waals surface area contributed by atoms with E-state index in [4.69, 9.17) is 16.0 Å². The SMILES string of the molecule is OC1(Cc2c(F)cccc2Cl)CCCc2occc21. The minimum absolute atomic E-state index is 0.172. The van der Waals surface area contributed by atoms with Crippen LogP contribution in [0.5, 0.6) is 0 Å². The molecule has 1 aromatic heterocycles. The molecule has 1 aliphatic rings. The number of halogens is 2. The molecular weight excluding hydrogens is 267 g/mol. The number of aryl methyl sites for hydroxylation is 1. The molecule has 1 N–H and O–H groups in total. The lowest BCUT2D eigenvalue weighted by molar-refractivity contribution is 0.0161. The first-order chi connectivity index (χ1) is 9.10. The van der Waals surface area contributed by atoms with Crippen LogP contribution in [-0.2, 0) is 18.4 Å². The summed E-state index contributed by atoms with van der Waals surface area (Å²) in [5, 5.41) is 11.2. The average Bonchev–Trinajstić information content (AvgIpc) is 2.84. The first kappa shape index (κ1) is 12.7. The maximum Gasteiger partial charge on any atom is 0.128 e. The van der Waals surface area contributed by atoms with Crippen LogP contribution < -0.4 is 0 Å². The van der Waals surface area contributed by atoms with E-state index in [1.807, 2.05) is 0 Å². The Hall–Kier alpha value is -1.32. The standard InChI is InChI=1S/C15H14ClFO2/c16-12-3-1-4-13(17)10(12)9-15(18)7-2-5-14-11(15)6-8-19-14/h1,3-4,6,8,18H,2,5,7,9H2. The van der Waals surface area contributed by atoms with Crippen molar-refractivity contribution in [3.8, 4) is 0 Å². The fourth-order valence-electron chi connectivity index (χ4n) is 2.80. The zero-order valence-electron chi connectivity index (χ0n) is 10.3. The Bertz CT molecular complexity index is 588. The van der Waals surface area contributed by atoms with Gasteiger partial charge in [-0.3, -0.25) is 0 Å². The van der Waals surface area contributed by atoms with Gasteiger partial charge in [-0.15, -0.1) is 0 Å². The number of furan rings is 1. The number of fused-ring (bicyclic) bond motifs is 1. The van der Waals surface area contributed by atoms with E-state index in [1.54, 1.807) is 24.5 Å². The van der Waals surface area contributed by atoms with Crippen molar-refractivity contribution in [1.29, 1.82) is 0 Å². The molecule has 3 rings (SSSR count). The van der Waals surface area contributed by atoms with Crippen LogP contribution >= 0.6 is 11.6 Å². The smallest absolute Gasteiger partial charge is 0.128 e. The average molecular weight is 281 g/mol. The number of hydrogen-bond acceptors (Lipinski definition) is 2. The molecule has 19 heavy (non-hydrogen) atoms. The third kappa shape index (κ3) is 2.17. The van der Waals surface area contributed by atoms with Crippen molar-refractivity contribution >= 4 is 11.6 Å². The molecule has 0 spiro atoms. The largest absolute Gasteiger partial charge is 0.469 e. The number of hydrogen-bond donors (Lipinski definition) is 1. The molecule has 1 aromatic carbocycles. The van der Waals surface area contributed by atoms with Crippen molar-refractivity contribution in [1.82, 2.24) is 0 Å². The van der Waals surface area contributed by atoms with E-state index in [1.165, 1.54) is 6.07 Å². The van der Waals surface area contributed by atoms with Gasteiger partial charge in [0.2, 0.25) is 0 Å². The number of rotatable bonds is 2. The molecule has 0 fully saturated rings. The van der Waals surface area contributed by atoms with Crippen LogP contribution in [0.3, 0.4) is 0 Å². The molecule has 1 heterocycles. The summed E-state index contributed by atoms with van der Waals surface area (Å²) in [5.41, 5.74) is 0.0330. The lowest BCUT2D eigenvalue weighted by Crippen LogP contribution is -2.32. The molecule has 1 unspecified atom stereocenters. The second-order valence-corrected chi connectivity index (χ2v) is 5.43. The van der Waals surface area contributed by atoms with E-state index in [2.05, 4.69) is 0 Å². The Morgan fingerprint density at radius 2 is 2.21 bits per heavy atom. The highest BCUT2D eigenvalue weighted by Crippen LogP contribution is 2.40. The van der Waals surface area contributed by atoms with Crippen molar-refractivity contribution in [2.24, 2.45) is 0 Å². The third-order valence-corrected chi connectivity index (χ3v) is 4.13. The molecule has 1 aliphatic carbocycles. The summed E-state index contributed by atoms with van der Waals surface area (Å²) in [7, 11) is 0. The first-order valence-electron chi connectivity index (χ1n) is 6.32. The maximum absolute atomic E-state index is 13.9. The summed E-state index contributed by atoms with van der Waals surface area (Å²) < 4.78 is 19.2. The van der Waals surface area contributed by atoms with Gasteiger partial charge in [0.15, 0.2) is 0 Å². The van der Waals surface area contributed by atoms with Crippen LogP contribution in [0.2, 0.25) is 5.02 Å². The second kappa shape index (κ2) is 4.66. The normalized spacial score (nSPS) is 22.3. The molecule has 0 amide bonds. The van der Waals surface area contributed by atoms with E-state index in [-0.39, 0.29) is 12.2 Å². The monoisotopic (exact) mass is 280 g/mol. The van der Waals surface area contributed by atoms with Crippen LogP contribution in [-0.4, -0.2) is 5.11 Å². The molecule has 0 bridgehead atoms. The van der Waals surface area contributed by atoms with Crippen molar-refractivity contribution in [3.63, 3.8) is 0 Å². The van der Waals surface area contributed by atoms with Crippen LogP contribution in [0, 0.1) is 5.82 Å². The summed E-state index contributed by atoms with van der Waals surface area (Å²) in [4.78, 5) is 0. The van der Waals surface area contributed by atoms with Gasteiger partial charge in [0.25, 0.3) is 0 Å². The van der Waals surface area contributed by atoms with Crippen molar-refractivity contribution in [2.75, 3.05) is 0 Å². The van der Waals surface area contributed by atoms with Crippen molar-refractivity contribution in [2.45, 2.75) is 31.3 Å². The van der Waals surface area contributed by atoms with Crippen LogP contribution in [0.1, 0.15) is 29.7 Å². The van der Waals surface area contributed by atoms with Gasteiger partial charge in [-0.25, -0.2) is 4.39 Å². The van der Waals surface area contributed by atoms with E-state index in [0.717, 1.165) is 24.2 Å². The summed E-state index contributed by atoms with van der Waals surface area (Å²) in [5.74, 6) is 0.415. The molecule has 0 aliphatic heterocycles. The highest BCUT2D eigenvalue weighted by molar-refractivity contribution is 6.31. The van der Waals surface area contributed by atoms with Gasteiger partial charge >= 0.3 is 0 Å². The van der Waals surface area contributed by atoms with Crippen molar-refractivity contribution < 1.29 is 13.9 Å². The van der Waals surface area contributed by atoms with Crippen LogP contribution in [0.25, 0.3) is 0 Å². The first-order valence-corrected chi connectivity index (χ1v) is 6.70. The molecule has 0 saturated heterocycles. The fourth-order valence-corrected chi connectivity index (χ4v) is 3.03. The van der Waals surface area contributed by atoms with Gasteiger partial charge in [-0.1, -0.05) is 17.7 Å². The van der Waals surface area contributed by atoms with Crippen molar-refractivity contribution in [3.05, 3.63) is 58.3 Å². The Balaban J connectivity index is 2.00. The van der Waals surface area contributed by atoms with E-state index in [0.29, 0.717) is 17.0 Å². The second-order valence-electron chi connectivity index (χ2n) is 5.02. The minimum Gasteiger partial charge on any atom is -0.469 e. The topological polar surface area (TPSA) is 33.4 Å². The summed E-state index contributed by atoms with van der Waals surface area (Å²) in [6.07, 6.45) is 3.97. The summed E-state index contributed by atoms with van der Waals surface area (Å²) in [6.45, 7) is 0. The molecule has 2 aromatic rings. The molecule has 1 atom stereocenters. The fraction of sp³-hybridized carbons (Fsp3) is 0.333. The molecule has 100 valence electrons. The van der Waals surface area contributed by atoms with Gasteiger partial charge in [-0.05, 0) is 31.0 Å². The lowest BCUT2D eigenvalue weighted by atomic mass is 9.79. The van der Waals surface area contributed by atoms with Crippen LogP contribution in [0.15, 0.2) is 34.9 Å². The highest BCUT2D eigenvalue weighted by atomic mass is 35.5. The number of aliphatic hydroxyl groups is 1. The minimum atomic E-state index is -1.09. The van der Waals surface area contributed by atoms with E-state index in [9.17, 15) is 9.50 Å². The molecular formula is C15H14ClFO2. The molecule has 4 heteroatoms. The Labute approximate surface area is 115 Å². The molecule has 0 radical (unpaired) electrons.